The van der Waals surface area contributed by atoms with Crippen LogP contribution in [0.25, 0.3) is 16.8 Å². The van der Waals surface area contributed by atoms with Gasteiger partial charge in [-0.2, -0.15) is 5.26 Å². The molecule has 30 heavy (non-hydrogen) atoms. The largest absolute Gasteiger partial charge is 0.490 e. The van der Waals surface area contributed by atoms with Gasteiger partial charge in [-0.3, -0.25) is 10.1 Å². The second-order valence-corrected chi connectivity index (χ2v) is 7.36. The Bertz CT molecular complexity index is 1140. The van der Waals surface area contributed by atoms with Crippen LogP contribution in [0.4, 0.5) is 11.4 Å². The maximum absolute atomic E-state index is 11.1. The number of rotatable bonds is 7. The molecule has 8 heteroatoms. The Morgan fingerprint density at radius 3 is 2.70 bits per heavy atom. The summed E-state index contributed by atoms with van der Waals surface area (Å²) in [5, 5.41) is 26.3. The van der Waals surface area contributed by atoms with Gasteiger partial charge < -0.3 is 10.1 Å². The molecule has 0 unspecified atom stereocenters. The van der Waals surface area contributed by atoms with Crippen molar-refractivity contribution in [1.82, 2.24) is 4.98 Å². The number of benzene rings is 2. The molecular weight excluding hydrogens is 400 g/mol. The second-order valence-electron chi connectivity index (χ2n) is 6.50. The highest BCUT2D eigenvalue weighted by Crippen LogP contribution is 2.33. The molecule has 0 aliphatic heterocycles. The number of nitrogens with zero attached hydrogens (tertiary/aromatic N) is 3. The molecule has 0 bridgehead atoms. The van der Waals surface area contributed by atoms with Gasteiger partial charge in [-0.25, -0.2) is 4.98 Å². The molecule has 3 aromatic rings. The summed E-state index contributed by atoms with van der Waals surface area (Å²) in [7, 11) is 1.38. The van der Waals surface area contributed by atoms with Gasteiger partial charge in [0.15, 0.2) is 5.75 Å². The monoisotopic (exact) mass is 420 g/mol. The van der Waals surface area contributed by atoms with Crippen LogP contribution in [0.3, 0.4) is 0 Å². The fraction of sp³-hybridized carbons (Fsp3) is 0.182. The first-order valence-electron chi connectivity index (χ1n) is 9.21. The molecular formula is C22H20N4O3S. The van der Waals surface area contributed by atoms with E-state index in [0.29, 0.717) is 21.8 Å². The first-order chi connectivity index (χ1) is 14.5. The second kappa shape index (κ2) is 9.20. The van der Waals surface area contributed by atoms with Crippen LogP contribution in [0, 0.1) is 28.4 Å². The van der Waals surface area contributed by atoms with Crippen LogP contribution in [0.5, 0.6) is 5.75 Å². The zero-order valence-corrected chi connectivity index (χ0v) is 17.6. The molecule has 1 aromatic heterocycles. The molecule has 0 aliphatic rings. The topological polar surface area (TPSA) is 101 Å². The summed E-state index contributed by atoms with van der Waals surface area (Å²) in [6, 6.07) is 13.3. The number of aromatic nitrogens is 1. The summed E-state index contributed by atoms with van der Waals surface area (Å²) in [6.45, 7) is 3.85. The third kappa shape index (κ3) is 4.47. The third-order valence-electron chi connectivity index (χ3n) is 4.61. The lowest BCUT2D eigenvalue weighted by Gasteiger charge is -2.09. The number of hydrogen-bond donors (Lipinski definition) is 1. The first-order valence-corrected chi connectivity index (χ1v) is 10.1. The van der Waals surface area contributed by atoms with E-state index in [4.69, 9.17) is 4.74 Å². The van der Waals surface area contributed by atoms with Crippen molar-refractivity contribution in [3.05, 3.63) is 74.2 Å². The Kier molecular flexibility index (Phi) is 6.45. The van der Waals surface area contributed by atoms with E-state index in [1.807, 2.05) is 17.5 Å². The fourth-order valence-electron chi connectivity index (χ4n) is 2.87. The summed E-state index contributed by atoms with van der Waals surface area (Å²) in [6.07, 6.45) is 2.53. The molecule has 1 heterocycles. The van der Waals surface area contributed by atoms with Gasteiger partial charge in [-0.15, -0.1) is 11.3 Å². The van der Waals surface area contributed by atoms with Gasteiger partial charge in [-0.1, -0.05) is 31.2 Å². The predicted molar refractivity (Wildman–Crippen MR) is 119 cm³/mol. The highest BCUT2D eigenvalue weighted by Gasteiger charge is 2.17. The zero-order valence-electron chi connectivity index (χ0n) is 16.8. The van der Waals surface area contributed by atoms with Crippen LogP contribution in [0.15, 0.2) is 48.0 Å². The van der Waals surface area contributed by atoms with Gasteiger partial charge in [0.25, 0.3) is 0 Å². The minimum Gasteiger partial charge on any atom is -0.490 e. The maximum Gasteiger partial charge on any atom is 0.311 e. The molecule has 1 N–H and O–H groups in total. The summed E-state index contributed by atoms with van der Waals surface area (Å²) in [4.78, 5) is 15.2. The number of hydrogen-bond acceptors (Lipinski definition) is 7. The lowest BCUT2D eigenvalue weighted by molar-refractivity contribution is -0.385. The minimum atomic E-state index is -0.490. The standard InChI is InChI=1S/C22H20N4O3S/c1-4-15-5-7-16(8-6-15)19-13-30-22(25-19)17(11-23)12-24-18-10-21(29-3)20(26(27)28)9-14(18)2/h5-10,12-13,24H,4H2,1-3H3/b17-12+. The average molecular weight is 420 g/mol. The van der Waals surface area contributed by atoms with Crippen molar-refractivity contribution in [3.8, 4) is 23.1 Å². The summed E-state index contributed by atoms with van der Waals surface area (Å²) in [5.74, 6) is 0.145. The third-order valence-corrected chi connectivity index (χ3v) is 5.48. The number of nitrogens with one attached hydrogen (secondary N) is 1. The average Bonchev–Trinajstić information content (AvgIpc) is 3.24. The normalized spacial score (nSPS) is 11.1. The SMILES string of the molecule is CCc1ccc(-c2csc(/C(C#N)=C/Nc3cc(OC)c([N+](=O)[O-])cc3C)n2)cc1. The molecule has 0 amide bonds. The number of methoxy groups -OCH3 is 1. The number of nitro benzene ring substituents is 1. The van der Waals surface area contributed by atoms with Crippen LogP contribution in [-0.2, 0) is 6.42 Å². The molecule has 7 nitrogen and oxygen atoms in total. The summed E-state index contributed by atoms with van der Waals surface area (Å²) in [5.41, 5.74) is 4.59. The quantitative estimate of drug-likeness (QED) is 0.304. The molecule has 0 aliphatic carbocycles. The first kappa shape index (κ1) is 21.0. The van der Waals surface area contributed by atoms with E-state index in [0.717, 1.165) is 17.7 Å². The van der Waals surface area contributed by atoms with Crippen LogP contribution < -0.4 is 10.1 Å². The molecule has 0 fully saturated rings. The molecule has 152 valence electrons. The van der Waals surface area contributed by atoms with E-state index in [1.165, 1.54) is 30.1 Å². The smallest absolute Gasteiger partial charge is 0.311 e. The van der Waals surface area contributed by atoms with Crippen molar-refractivity contribution >= 4 is 28.3 Å². The van der Waals surface area contributed by atoms with Gasteiger partial charge >= 0.3 is 5.69 Å². The molecule has 0 atom stereocenters. The molecule has 2 aromatic carbocycles. The number of allylic oxidation sites excluding steroid dienone is 1. The van der Waals surface area contributed by atoms with Crippen molar-refractivity contribution in [3.63, 3.8) is 0 Å². The van der Waals surface area contributed by atoms with Crippen molar-refractivity contribution in [2.75, 3.05) is 12.4 Å². The Morgan fingerprint density at radius 1 is 1.37 bits per heavy atom. The predicted octanol–water partition coefficient (Wildman–Crippen LogP) is 5.57. The molecule has 0 saturated heterocycles. The van der Waals surface area contributed by atoms with E-state index >= 15 is 0 Å². The van der Waals surface area contributed by atoms with E-state index in [9.17, 15) is 15.4 Å². The van der Waals surface area contributed by atoms with E-state index in [-0.39, 0.29) is 11.4 Å². The fourth-order valence-corrected chi connectivity index (χ4v) is 3.66. The van der Waals surface area contributed by atoms with E-state index in [1.54, 1.807) is 19.2 Å². The van der Waals surface area contributed by atoms with E-state index < -0.39 is 4.92 Å². The Balaban J connectivity index is 1.86. The van der Waals surface area contributed by atoms with Gasteiger partial charge in [-0.05, 0) is 24.5 Å². The Morgan fingerprint density at radius 2 is 2.10 bits per heavy atom. The van der Waals surface area contributed by atoms with Crippen LogP contribution >= 0.6 is 11.3 Å². The van der Waals surface area contributed by atoms with Gasteiger partial charge in [0.1, 0.15) is 16.6 Å². The number of anilines is 1. The Hall–Kier alpha value is -3.70. The molecule has 3 rings (SSSR count). The number of thiazole rings is 1. The van der Waals surface area contributed by atoms with Crippen LogP contribution in [0.1, 0.15) is 23.1 Å². The van der Waals surface area contributed by atoms with Gasteiger partial charge in [0.05, 0.1) is 17.7 Å². The van der Waals surface area contributed by atoms with Crippen LogP contribution in [-0.4, -0.2) is 17.0 Å². The zero-order chi connectivity index (χ0) is 21.7. The van der Waals surface area contributed by atoms with Crippen molar-refractivity contribution in [2.45, 2.75) is 20.3 Å². The number of nitriles is 1. The molecule has 0 saturated carbocycles. The number of aryl methyl sites for hydroxylation is 2. The maximum atomic E-state index is 11.1. The lowest BCUT2D eigenvalue weighted by Crippen LogP contribution is -1.99. The summed E-state index contributed by atoms with van der Waals surface area (Å²) >= 11 is 1.38. The number of ether oxygens (including phenoxy) is 1. The molecule has 0 radical (unpaired) electrons. The highest BCUT2D eigenvalue weighted by molar-refractivity contribution is 7.11. The van der Waals surface area contributed by atoms with Crippen molar-refractivity contribution in [2.24, 2.45) is 0 Å². The van der Waals surface area contributed by atoms with Crippen LogP contribution in [0.2, 0.25) is 0 Å². The summed E-state index contributed by atoms with van der Waals surface area (Å²) < 4.78 is 5.11. The molecule has 0 spiro atoms. The lowest BCUT2D eigenvalue weighted by atomic mass is 10.1. The van der Waals surface area contributed by atoms with E-state index in [2.05, 4.69) is 35.4 Å². The van der Waals surface area contributed by atoms with Crippen molar-refractivity contribution < 1.29 is 9.66 Å². The van der Waals surface area contributed by atoms with Crippen molar-refractivity contribution in [1.29, 1.82) is 5.26 Å². The van der Waals surface area contributed by atoms with Gasteiger partial charge in [0, 0.05) is 35.0 Å². The minimum absolute atomic E-state index is 0.108. The Labute approximate surface area is 178 Å². The van der Waals surface area contributed by atoms with Gasteiger partial charge in [0.2, 0.25) is 0 Å². The highest BCUT2D eigenvalue weighted by atomic mass is 32.1. The number of nitro groups is 1.